The summed E-state index contributed by atoms with van der Waals surface area (Å²) in [6, 6.07) is 5.59. The molecule has 196 valence electrons. The van der Waals surface area contributed by atoms with E-state index in [1.807, 2.05) is 38.1 Å². The number of alkyl carbamates (subject to hydrolysis) is 1. The number of ether oxygens (including phenoxy) is 1. The van der Waals surface area contributed by atoms with Gasteiger partial charge in [0.25, 0.3) is 0 Å². The molecule has 0 fully saturated rings. The first-order chi connectivity index (χ1) is 16.5. The zero-order valence-electron chi connectivity index (χ0n) is 22.1. The van der Waals surface area contributed by atoms with Crippen LogP contribution in [0.2, 0.25) is 0 Å². The topological polar surface area (TPSA) is 87.7 Å². The van der Waals surface area contributed by atoms with Crippen LogP contribution in [-0.4, -0.2) is 52.8 Å². The summed E-state index contributed by atoms with van der Waals surface area (Å²) in [6.07, 6.45) is 4.30. The van der Waals surface area contributed by atoms with Gasteiger partial charge in [-0.15, -0.1) is 0 Å². The van der Waals surface area contributed by atoms with Gasteiger partial charge in [-0.3, -0.25) is 9.59 Å². The first-order valence-corrected chi connectivity index (χ1v) is 13.0. The van der Waals surface area contributed by atoms with Crippen molar-refractivity contribution in [3.05, 3.63) is 42.0 Å². The molecule has 0 radical (unpaired) electrons. The van der Waals surface area contributed by atoms with E-state index in [4.69, 9.17) is 4.74 Å². The highest BCUT2D eigenvalue weighted by atomic mass is 32.1. The lowest BCUT2D eigenvalue weighted by atomic mass is 9.99. The summed E-state index contributed by atoms with van der Waals surface area (Å²) in [6.45, 7) is 15.5. The number of hydrogen-bond donors (Lipinski definition) is 3. The normalized spacial score (nSPS) is 13.8. The van der Waals surface area contributed by atoms with Gasteiger partial charge in [-0.25, -0.2) is 4.79 Å². The van der Waals surface area contributed by atoms with E-state index in [2.05, 4.69) is 36.8 Å². The van der Waals surface area contributed by atoms with Gasteiger partial charge < -0.3 is 20.3 Å². The average Bonchev–Trinajstić information content (AvgIpc) is 2.78. The zero-order valence-corrected chi connectivity index (χ0v) is 23.0. The molecule has 3 amide bonds. The highest BCUT2D eigenvalue weighted by Crippen LogP contribution is 2.25. The van der Waals surface area contributed by atoms with Crippen molar-refractivity contribution in [3.63, 3.8) is 0 Å². The summed E-state index contributed by atoms with van der Waals surface area (Å²) in [5.41, 5.74) is 0.824. The molecule has 3 unspecified atom stereocenters. The second kappa shape index (κ2) is 14.8. The van der Waals surface area contributed by atoms with Gasteiger partial charge in [0.2, 0.25) is 11.8 Å². The first-order valence-electron chi connectivity index (χ1n) is 12.4. The van der Waals surface area contributed by atoms with E-state index in [0.717, 1.165) is 24.8 Å². The van der Waals surface area contributed by atoms with Crippen molar-refractivity contribution in [2.45, 2.75) is 91.0 Å². The summed E-state index contributed by atoms with van der Waals surface area (Å²) in [7, 11) is 0. The molecule has 0 saturated carbocycles. The second-order valence-corrected chi connectivity index (χ2v) is 10.1. The number of carbonyl (C=O) groups is 3. The fourth-order valence-corrected chi connectivity index (χ4v) is 3.93. The Kier molecular flexibility index (Phi) is 12.9. The van der Waals surface area contributed by atoms with Gasteiger partial charge >= 0.3 is 6.09 Å². The molecule has 0 spiro atoms. The molecule has 0 aliphatic heterocycles. The summed E-state index contributed by atoms with van der Waals surface area (Å²) < 4.78 is 5.34. The number of thiol groups is 1. The molecule has 0 bridgehead atoms. The van der Waals surface area contributed by atoms with Crippen LogP contribution in [0.15, 0.2) is 30.8 Å². The quantitative estimate of drug-likeness (QED) is 0.325. The molecule has 2 N–H and O–H groups in total. The predicted molar refractivity (Wildman–Crippen MR) is 145 cm³/mol. The molecule has 1 aromatic carbocycles. The standard InChI is InChI=1S/C27H43N3O4S/c1-8-11-16-30(25(32)22(18-35)29-26(33)34-27(5,6)7)23(24(31)28-19(4)13-9-2)21-15-12-14-20(10-3)17-21/h10,12,14-15,17,19,22-23,35H,3,8-9,11,13,16,18H2,1-2,4-7H3,(H,28,31)(H,29,33). The zero-order chi connectivity index (χ0) is 26.6. The van der Waals surface area contributed by atoms with Crippen molar-refractivity contribution in [2.24, 2.45) is 0 Å². The second-order valence-electron chi connectivity index (χ2n) is 9.74. The Morgan fingerprint density at radius 3 is 2.40 bits per heavy atom. The predicted octanol–water partition coefficient (Wildman–Crippen LogP) is 5.13. The summed E-state index contributed by atoms with van der Waals surface area (Å²) >= 11 is 4.32. The molecular formula is C27H43N3O4S. The van der Waals surface area contributed by atoms with Crippen LogP contribution in [0.5, 0.6) is 0 Å². The number of carbonyl (C=O) groups excluding carboxylic acids is 3. The molecular weight excluding hydrogens is 462 g/mol. The maximum absolute atomic E-state index is 13.8. The fourth-order valence-electron chi connectivity index (χ4n) is 3.69. The number of unbranched alkanes of at least 4 members (excludes halogenated alkanes) is 1. The highest BCUT2D eigenvalue weighted by molar-refractivity contribution is 7.80. The van der Waals surface area contributed by atoms with Gasteiger partial charge in [-0.2, -0.15) is 12.6 Å². The van der Waals surface area contributed by atoms with Gasteiger partial charge in [0, 0.05) is 18.3 Å². The lowest BCUT2D eigenvalue weighted by molar-refractivity contribution is -0.142. The van der Waals surface area contributed by atoms with Gasteiger partial charge in [0.15, 0.2) is 0 Å². The smallest absolute Gasteiger partial charge is 0.408 e. The maximum Gasteiger partial charge on any atom is 0.408 e. The van der Waals surface area contributed by atoms with E-state index in [0.29, 0.717) is 18.5 Å². The molecule has 0 saturated heterocycles. The minimum Gasteiger partial charge on any atom is -0.444 e. The van der Waals surface area contributed by atoms with Crippen LogP contribution in [0.1, 0.15) is 84.4 Å². The molecule has 1 rings (SSSR count). The van der Waals surface area contributed by atoms with E-state index < -0.39 is 23.8 Å². The third-order valence-electron chi connectivity index (χ3n) is 5.34. The monoisotopic (exact) mass is 505 g/mol. The van der Waals surface area contributed by atoms with Crippen LogP contribution in [0.4, 0.5) is 4.79 Å². The summed E-state index contributed by atoms with van der Waals surface area (Å²) in [5, 5.41) is 5.70. The Morgan fingerprint density at radius 1 is 1.17 bits per heavy atom. The number of benzene rings is 1. The van der Waals surface area contributed by atoms with Crippen LogP contribution in [0.25, 0.3) is 6.08 Å². The van der Waals surface area contributed by atoms with Crippen molar-refractivity contribution in [2.75, 3.05) is 12.3 Å². The van der Waals surface area contributed by atoms with Crippen molar-refractivity contribution < 1.29 is 19.1 Å². The lowest BCUT2D eigenvalue weighted by Gasteiger charge is -2.35. The van der Waals surface area contributed by atoms with Crippen LogP contribution in [0, 0.1) is 0 Å². The Hall–Kier alpha value is -2.48. The van der Waals surface area contributed by atoms with E-state index in [1.54, 1.807) is 31.7 Å². The Labute approximate surface area is 216 Å². The minimum atomic E-state index is -0.948. The van der Waals surface area contributed by atoms with Crippen LogP contribution < -0.4 is 10.6 Å². The number of hydrogen-bond acceptors (Lipinski definition) is 5. The molecule has 0 aliphatic rings. The number of nitrogens with zero attached hydrogens (tertiary/aromatic N) is 1. The van der Waals surface area contributed by atoms with Crippen LogP contribution in [0.3, 0.4) is 0 Å². The molecule has 0 aliphatic carbocycles. The van der Waals surface area contributed by atoms with Crippen LogP contribution >= 0.6 is 12.6 Å². The van der Waals surface area contributed by atoms with Crippen molar-refractivity contribution >= 4 is 36.6 Å². The van der Waals surface area contributed by atoms with Crippen molar-refractivity contribution in [1.82, 2.24) is 15.5 Å². The third-order valence-corrected chi connectivity index (χ3v) is 5.70. The molecule has 7 nitrogen and oxygen atoms in total. The first kappa shape index (κ1) is 30.6. The molecule has 3 atom stereocenters. The van der Waals surface area contributed by atoms with Gasteiger partial charge in [-0.05, 0) is 57.7 Å². The van der Waals surface area contributed by atoms with Crippen molar-refractivity contribution in [1.29, 1.82) is 0 Å². The Bertz CT molecular complexity index is 853. The molecule has 0 heterocycles. The van der Waals surface area contributed by atoms with E-state index in [1.165, 1.54) is 0 Å². The van der Waals surface area contributed by atoms with E-state index in [9.17, 15) is 14.4 Å². The van der Waals surface area contributed by atoms with E-state index >= 15 is 0 Å². The third kappa shape index (κ3) is 10.3. The van der Waals surface area contributed by atoms with Gasteiger partial charge in [-0.1, -0.05) is 57.5 Å². The highest BCUT2D eigenvalue weighted by Gasteiger charge is 2.36. The Morgan fingerprint density at radius 2 is 1.86 bits per heavy atom. The van der Waals surface area contributed by atoms with Gasteiger partial charge in [0.1, 0.15) is 17.7 Å². The van der Waals surface area contributed by atoms with Gasteiger partial charge in [0.05, 0.1) is 0 Å². The largest absolute Gasteiger partial charge is 0.444 e. The molecule has 0 aromatic heterocycles. The maximum atomic E-state index is 13.8. The average molecular weight is 506 g/mol. The van der Waals surface area contributed by atoms with E-state index in [-0.39, 0.29) is 23.6 Å². The minimum absolute atomic E-state index is 0.0405. The molecule has 1 aromatic rings. The summed E-state index contributed by atoms with van der Waals surface area (Å²) in [5.74, 6) is -0.577. The SMILES string of the molecule is C=Cc1cccc(C(C(=O)NC(C)CCC)N(CCCC)C(=O)C(CS)NC(=O)OC(C)(C)C)c1. The molecule has 8 heteroatoms. The Balaban J connectivity index is 3.42. The number of rotatable bonds is 13. The van der Waals surface area contributed by atoms with Crippen LogP contribution in [-0.2, 0) is 14.3 Å². The number of amides is 3. The lowest BCUT2D eigenvalue weighted by Crippen LogP contribution is -2.54. The van der Waals surface area contributed by atoms with Crippen molar-refractivity contribution in [3.8, 4) is 0 Å². The number of nitrogens with one attached hydrogen (secondary N) is 2. The fraction of sp³-hybridized carbons (Fsp3) is 0.593. The molecule has 35 heavy (non-hydrogen) atoms. The summed E-state index contributed by atoms with van der Waals surface area (Å²) in [4.78, 5) is 41.3.